The van der Waals surface area contributed by atoms with Gasteiger partial charge in [0.25, 0.3) is 5.56 Å². The molecule has 4 nitrogen and oxygen atoms in total. The van der Waals surface area contributed by atoms with Crippen molar-refractivity contribution in [2.45, 2.75) is 19.6 Å². The Hall–Kier alpha value is -2.40. The Kier molecular flexibility index (Phi) is 3.58. The number of aromatic nitrogens is 2. The fourth-order valence-corrected chi connectivity index (χ4v) is 2.46. The summed E-state index contributed by atoms with van der Waals surface area (Å²) < 4.78 is 17.0. The monoisotopic (exact) mass is 285 g/mol. The number of benzene rings is 1. The van der Waals surface area contributed by atoms with Crippen molar-refractivity contribution in [3.05, 3.63) is 70.5 Å². The van der Waals surface area contributed by atoms with Crippen molar-refractivity contribution >= 4 is 10.9 Å². The van der Waals surface area contributed by atoms with Crippen molar-refractivity contribution in [3.63, 3.8) is 0 Å². The average Bonchev–Trinajstić information content (AvgIpc) is 2.94. The van der Waals surface area contributed by atoms with Gasteiger partial charge in [-0.25, -0.2) is 4.39 Å². The molecule has 0 saturated carbocycles. The highest BCUT2D eigenvalue weighted by Crippen LogP contribution is 2.13. The van der Waals surface area contributed by atoms with E-state index in [1.807, 2.05) is 23.0 Å². The van der Waals surface area contributed by atoms with Gasteiger partial charge in [-0.05, 0) is 41.3 Å². The molecule has 0 saturated heterocycles. The molecule has 0 aliphatic carbocycles. The van der Waals surface area contributed by atoms with Crippen molar-refractivity contribution in [1.29, 1.82) is 0 Å². The predicted octanol–water partition coefficient (Wildman–Crippen LogP) is 2.10. The zero-order valence-electron chi connectivity index (χ0n) is 11.5. The van der Waals surface area contributed by atoms with E-state index in [0.717, 1.165) is 10.9 Å². The first kappa shape index (κ1) is 13.6. The van der Waals surface area contributed by atoms with Crippen molar-refractivity contribution < 1.29 is 4.39 Å². The summed E-state index contributed by atoms with van der Waals surface area (Å²) in [5.74, 6) is -0.340. The normalized spacial score (nSPS) is 11.1. The minimum absolute atomic E-state index is 0.126. The number of aryl methyl sites for hydroxylation is 2. The van der Waals surface area contributed by atoms with Crippen LogP contribution < -0.4 is 11.3 Å². The first-order valence-electron chi connectivity index (χ1n) is 6.81. The van der Waals surface area contributed by atoms with Gasteiger partial charge in [-0.2, -0.15) is 0 Å². The van der Waals surface area contributed by atoms with E-state index in [4.69, 9.17) is 5.73 Å². The van der Waals surface area contributed by atoms with Crippen molar-refractivity contribution in [1.82, 2.24) is 9.13 Å². The molecule has 108 valence electrons. The third-order valence-electron chi connectivity index (χ3n) is 3.58. The average molecular weight is 285 g/mol. The predicted molar refractivity (Wildman–Crippen MR) is 80.5 cm³/mol. The van der Waals surface area contributed by atoms with Gasteiger partial charge in [0.1, 0.15) is 5.82 Å². The van der Waals surface area contributed by atoms with Gasteiger partial charge in [0, 0.05) is 38.1 Å². The molecule has 0 aliphatic heterocycles. The highest BCUT2D eigenvalue weighted by molar-refractivity contribution is 5.78. The Labute approximate surface area is 121 Å². The van der Waals surface area contributed by atoms with Crippen molar-refractivity contribution in [3.8, 4) is 0 Å². The molecule has 0 unspecified atom stereocenters. The lowest BCUT2D eigenvalue weighted by Crippen LogP contribution is -2.21. The molecule has 0 spiro atoms. The molecule has 0 fully saturated rings. The van der Waals surface area contributed by atoms with E-state index >= 15 is 0 Å². The number of nitrogens with two attached hydrogens (primary N) is 1. The highest BCUT2D eigenvalue weighted by atomic mass is 19.1. The molecule has 2 heterocycles. The first-order valence-corrected chi connectivity index (χ1v) is 6.81. The second-order valence-corrected chi connectivity index (χ2v) is 4.99. The SMILES string of the molecule is NCc1ccn(CCn2c(=O)ccc3ccc(F)cc32)c1. The van der Waals surface area contributed by atoms with E-state index < -0.39 is 0 Å². The van der Waals surface area contributed by atoms with Crippen LogP contribution in [-0.4, -0.2) is 9.13 Å². The molecular weight excluding hydrogens is 269 g/mol. The lowest BCUT2D eigenvalue weighted by Gasteiger charge is -2.10. The molecule has 3 rings (SSSR count). The quantitative estimate of drug-likeness (QED) is 0.798. The summed E-state index contributed by atoms with van der Waals surface area (Å²) in [7, 11) is 0. The maximum Gasteiger partial charge on any atom is 0.251 e. The molecule has 2 N–H and O–H groups in total. The van der Waals surface area contributed by atoms with Crippen LogP contribution in [0.4, 0.5) is 4.39 Å². The number of hydrogen-bond acceptors (Lipinski definition) is 2. The number of fused-ring (bicyclic) bond motifs is 1. The van der Waals surface area contributed by atoms with Gasteiger partial charge >= 0.3 is 0 Å². The van der Waals surface area contributed by atoms with Crippen LogP contribution in [-0.2, 0) is 19.6 Å². The third-order valence-corrected chi connectivity index (χ3v) is 3.58. The summed E-state index contributed by atoms with van der Waals surface area (Å²) in [6.45, 7) is 1.61. The van der Waals surface area contributed by atoms with Gasteiger partial charge in [0.05, 0.1) is 5.52 Å². The maximum absolute atomic E-state index is 13.4. The molecule has 3 aromatic rings. The standard InChI is InChI=1S/C16H16FN3O/c17-14-3-1-13-2-4-16(21)20(15(13)9-14)8-7-19-6-5-12(10-18)11-19/h1-6,9,11H,7-8,10,18H2. The van der Waals surface area contributed by atoms with E-state index in [2.05, 4.69) is 0 Å². The molecule has 0 bridgehead atoms. The van der Waals surface area contributed by atoms with Gasteiger partial charge in [-0.1, -0.05) is 0 Å². The van der Waals surface area contributed by atoms with Gasteiger partial charge in [0.2, 0.25) is 0 Å². The topological polar surface area (TPSA) is 52.9 Å². The van der Waals surface area contributed by atoms with E-state index in [1.165, 1.54) is 18.2 Å². The minimum Gasteiger partial charge on any atom is -0.352 e. The molecule has 5 heteroatoms. The molecule has 1 aromatic carbocycles. The van der Waals surface area contributed by atoms with Crippen LogP contribution >= 0.6 is 0 Å². The van der Waals surface area contributed by atoms with Crippen LogP contribution in [0, 0.1) is 5.82 Å². The smallest absolute Gasteiger partial charge is 0.251 e. The number of rotatable bonds is 4. The Bertz CT molecular complexity index is 835. The molecule has 0 atom stereocenters. The summed E-state index contributed by atoms with van der Waals surface area (Å²) in [6.07, 6.45) is 3.88. The summed E-state index contributed by atoms with van der Waals surface area (Å²) >= 11 is 0. The Morgan fingerprint density at radius 1 is 1.10 bits per heavy atom. The number of nitrogens with zero attached hydrogens (tertiary/aromatic N) is 2. The molecule has 0 amide bonds. The molecular formula is C16H16FN3O. The van der Waals surface area contributed by atoms with Gasteiger partial charge in [0.15, 0.2) is 0 Å². The molecule has 2 aromatic heterocycles. The highest BCUT2D eigenvalue weighted by Gasteiger charge is 2.05. The lowest BCUT2D eigenvalue weighted by molar-refractivity contribution is 0.577. The van der Waals surface area contributed by atoms with Gasteiger partial charge in [-0.3, -0.25) is 4.79 Å². The van der Waals surface area contributed by atoms with E-state index in [9.17, 15) is 9.18 Å². The summed E-state index contributed by atoms with van der Waals surface area (Å²) in [5.41, 5.74) is 7.12. The van der Waals surface area contributed by atoms with E-state index in [-0.39, 0.29) is 11.4 Å². The van der Waals surface area contributed by atoms with Gasteiger partial charge < -0.3 is 14.9 Å². The zero-order valence-corrected chi connectivity index (χ0v) is 11.5. The van der Waals surface area contributed by atoms with Gasteiger partial charge in [-0.15, -0.1) is 0 Å². The minimum atomic E-state index is -0.340. The number of pyridine rings is 1. The zero-order chi connectivity index (χ0) is 14.8. The van der Waals surface area contributed by atoms with Crippen LogP contribution in [0.5, 0.6) is 0 Å². The van der Waals surface area contributed by atoms with Crippen LogP contribution in [0.1, 0.15) is 5.56 Å². The summed E-state index contributed by atoms with van der Waals surface area (Å²) in [6, 6.07) is 9.67. The third kappa shape index (κ3) is 2.73. The molecule has 0 radical (unpaired) electrons. The second kappa shape index (κ2) is 5.54. The van der Waals surface area contributed by atoms with Crippen LogP contribution in [0.25, 0.3) is 10.9 Å². The summed E-state index contributed by atoms with van der Waals surface area (Å²) in [5, 5.41) is 0.853. The fourth-order valence-electron chi connectivity index (χ4n) is 2.46. The van der Waals surface area contributed by atoms with Crippen LogP contribution in [0.15, 0.2) is 53.6 Å². The van der Waals surface area contributed by atoms with E-state index in [0.29, 0.717) is 25.2 Å². The Balaban J connectivity index is 1.94. The maximum atomic E-state index is 13.4. The Morgan fingerprint density at radius 2 is 1.90 bits per heavy atom. The number of halogens is 1. The van der Waals surface area contributed by atoms with Crippen LogP contribution in [0.2, 0.25) is 0 Å². The molecule has 0 aliphatic rings. The summed E-state index contributed by atoms with van der Waals surface area (Å²) in [4.78, 5) is 12.0. The van der Waals surface area contributed by atoms with Crippen LogP contribution in [0.3, 0.4) is 0 Å². The van der Waals surface area contributed by atoms with Crippen molar-refractivity contribution in [2.75, 3.05) is 0 Å². The Morgan fingerprint density at radius 3 is 2.67 bits per heavy atom. The number of hydrogen-bond donors (Lipinski definition) is 1. The molecule has 21 heavy (non-hydrogen) atoms. The van der Waals surface area contributed by atoms with Crippen molar-refractivity contribution in [2.24, 2.45) is 5.73 Å². The first-order chi connectivity index (χ1) is 10.2. The van der Waals surface area contributed by atoms with E-state index in [1.54, 1.807) is 16.7 Å². The lowest BCUT2D eigenvalue weighted by atomic mass is 10.2. The second-order valence-electron chi connectivity index (χ2n) is 4.99. The fraction of sp³-hybridized carbons (Fsp3) is 0.188. The largest absolute Gasteiger partial charge is 0.352 e.